The number of rotatable bonds is 3. The fraction of sp³-hybridized carbons (Fsp3) is 0.522. The topological polar surface area (TPSA) is 20.3 Å². The van der Waals surface area contributed by atoms with E-state index >= 15 is 0 Å². The van der Waals surface area contributed by atoms with Gasteiger partial charge >= 0.3 is 0 Å². The molecule has 1 saturated carbocycles. The minimum atomic E-state index is 0.214. The largest absolute Gasteiger partial charge is 0.338 e. The van der Waals surface area contributed by atoms with Gasteiger partial charge in [-0.05, 0) is 60.8 Å². The molecule has 1 aromatic carbocycles. The number of benzene rings is 1. The van der Waals surface area contributed by atoms with E-state index in [1.807, 2.05) is 11.0 Å². The van der Waals surface area contributed by atoms with Crippen molar-refractivity contribution in [2.24, 2.45) is 5.92 Å². The van der Waals surface area contributed by atoms with Crippen LogP contribution in [0.3, 0.4) is 0 Å². The molecule has 2 nitrogen and oxygen atoms in total. The van der Waals surface area contributed by atoms with Crippen molar-refractivity contribution in [2.45, 2.75) is 57.8 Å². The Kier molecular flexibility index (Phi) is 5.44. The van der Waals surface area contributed by atoms with Crippen molar-refractivity contribution in [1.82, 2.24) is 4.90 Å². The molecule has 26 heavy (non-hydrogen) atoms. The van der Waals surface area contributed by atoms with E-state index in [2.05, 4.69) is 37.3 Å². The van der Waals surface area contributed by atoms with E-state index < -0.39 is 0 Å². The molecule has 0 radical (unpaired) electrons. The molecule has 1 aromatic heterocycles. The lowest BCUT2D eigenvalue weighted by atomic mass is 9.84. The van der Waals surface area contributed by atoms with E-state index in [4.69, 9.17) is 0 Å². The molecule has 0 bridgehead atoms. The highest BCUT2D eigenvalue weighted by molar-refractivity contribution is 7.17. The Bertz CT molecular complexity index is 742. The van der Waals surface area contributed by atoms with E-state index in [0.717, 1.165) is 30.3 Å². The highest BCUT2D eigenvalue weighted by Gasteiger charge is 2.23. The van der Waals surface area contributed by atoms with Crippen LogP contribution in [0.25, 0.3) is 10.4 Å². The van der Waals surface area contributed by atoms with Crippen LogP contribution in [0, 0.1) is 5.92 Å². The Labute approximate surface area is 161 Å². The second kappa shape index (κ2) is 7.96. The molecule has 1 amide bonds. The highest BCUT2D eigenvalue weighted by Crippen LogP contribution is 2.35. The number of carbonyl (C=O) groups excluding carboxylic acids is 1. The average Bonchev–Trinajstić information content (AvgIpc) is 3.18. The fourth-order valence-corrected chi connectivity index (χ4v) is 5.47. The molecule has 4 rings (SSSR count). The monoisotopic (exact) mass is 367 g/mol. The zero-order chi connectivity index (χ0) is 17.9. The Morgan fingerprint density at radius 3 is 2.46 bits per heavy atom. The third-order valence-corrected chi connectivity index (χ3v) is 7.16. The molecule has 3 heteroatoms. The minimum absolute atomic E-state index is 0.214. The van der Waals surface area contributed by atoms with Gasteiger partial charge in [0.15, 0.2) is 0 Å². The van der Waals surface area contributed by atoms with Gasteiger partial charge in [-0.3, -0.25) is 4.79 Å². The van der Waals surface area contributed by atoms with Crippen molar-refractivity contribution in [3.63, 3.8) is 0 Å². The van der Waals surface area contributed by atoms with Crippen LogP contribution in [0.2, 0.25) is 0 Å². The Hall–Kier alpha value is -1.61. The van der Waals surface area contributed by atoms with Crippen LogP contribution in [0.5, 0.6) is 0 Å². The Morgan fingerprint density at radius 2 is 1.73 bits per heavy atom. The van der Waals surface area contributed by atoms with E-state index in [1.165, 1.54) is 54.5 Å². The average molecular weight is 368 g/mol. The molecule has 1 aliphatic heterocycles. The number of thiophene rings is 1. The first-order valence-corrected chi connectivity index (χ1v) is 11.0. The highest BCUT2D eigenvalue weighted by atomic mass is 32.1. The van der Waals surface area contributed by atoms with Gasteiger partial charge in [0.25, 0.3) is 5.91 Å². The first-order valence-electron chi connectivity index (χ1n) is 10.2. The third kappa shape index (κ3) is 3.88. The summed E-state index contributed by atoms with van der Waals surface area (Å²) in [7, 11) is 0. The molecule has 138 valence electrons. The Balaban J connectivity index is 1.46. The van der Waals surface area contributed by atoms with Gasteiger partial charge < -0.3 is 4.90 Å². The van der Waals surface area contributed by atoms with Crippen LogP contribution >= 0.6 is 11.3 Å². The zero-order valence-corrected chi connectivity index (χ0v) is 16.6. The number of carbonyl (C=O) groups is 1. The van der Waals surface area contributed by atoms with E-state index in [1.54, 1.807) is 11.3 Å². The molecule has 1 atom stereocenters. The second-order valence-corrected chi connectivity index (χ2v) is 9.20. The molecule has 0 unspecified atom stereocenters. The molecule has 2 aliphatic rings. The molecular weight excluding hydrogens is 338 g/mol. The number of hydrogen-bond donors (Lipinski definition) is 0. The van der Waals surface area contributed by atoms with Crippen molar-refractivity contribution in [3.05, 3.63) is 46.8 Å². The van der Waals surface area contributed by atoms with Crippen LogP contribution < -0.4 is 0 Å². The molecule has 1 aliphatic carbocycles. The zero-order valence-electron chi connectivity index (χ0n) is 15.7. The maximum Gasteiger partial charge on any atom is 0.263 e. The Morgan fingerprint density at radius 1 is 0.962 bits per heavy atom. The molecule has 0 N–H and O–H groups in total. The number of hydrogen-bond acceptors (Lipinski definition) is 2. The summed E-state index contributed by atoms with van der Waals surface area (Å²) < 4.78 is 0. The van der Waals surface area contributed by atoms with Gasteiger partial charge in [-0.25, -0.2) is 0 Å². The summed E-state index contributed by atoms with van der Waals surface area (Å²) in [4.78, 5) is 16.9. The summed E-state index contributed by atoms with van der Waals surface area (Å²) in [6, 6.07) is 13.2. The summed E-state index contributed by atoms with van der Waals surface area (Å²) >= 11 is 1.64. The van der Waals surface area contributed by atoms with Gasteiger partial charge in [0.1, 0.15) is 0 Å². The van der Waals surface area contributed by atoms with Gasteiger partial charge in [0.05, 0.1) is 4.88 Å². The molecule has 0 spiro atoms. The summed E-state index contributed by atoms with van der Waals surface area (Å²) in [6.07, 6.45) is 9.20. The summed E-state index contributed by atoms with van der Waals surface area (Å²) in [5, 5.41) is 0. The van der Waals surface area contributed by atoms with E-state index in [9.17, 15) is 4.79 Å². The summed E-state index contributed by atoms with van der Waals surface area (Å²) in [6.45, 7) is 4.06. The smallest absolute Gasteiger partial charge is 0.263 e. The van der Waals surface area contributed by atoms with Crippen molar-refractivity contribution >= 4 is 17.2 Å². The van der Waals surface area contributed by atoms with Crippen LogP contribution in [0.1, 0.15) is 73.0 Å². The number of piperidine rings is 1. The normalized spacial score (nSPS) is 21.7. The number of likely N-dealkylation sites (tertiary alicyclic amines) is 1. The SMILES string of the molecule is C[C@@H]1CCCN(C(=O)c2ccc(-c3ccc(C4CCCCC4)cc3)s2)C1. The lowest BCUT2D eigenvalue weighted by Gasteiger charge is -2.30. The van der Waals surface area contributed by atoms with Gasteiger partial charge in [-0.2, -0.15) is 0 Å². The lowest BCUT2D eigenvalue weighted by molar-refractivity contribution is 0.0688. The predicted octanol–water partition coefficient (Wildman–Crippen LogP) is 6.33. The number of amides is 1. The van der Waals surface area contributed by atoms with Crippen LogP contribution in [-0.2, 0) is 0 Å². The minimum Gasteiger partial charge on any atom is -0.338 e. The van der Waals surface area contributed by atoms with Crippen molar-refractivity contribution < 1.29 is 4.79 Å². The van der Waals surface area contributed by atoms with Crippen LogP contribution in [-0.4, -0.2) is 23.9 Å². The quantitative estimate of drug-likeness (QED) is 0.620. The van der Waals surface area contributed by atoms with E-state index in [0.29, 0.717) is 5.92 Å². The lowest BCUT2D eigenvalue weighted by Crippen LogP contribution is -2.38. The maximum absolute atomic E-state index is 12.8. The first-order chi connectivity index (χ1) is 12.7. The first kappa shape index (κ1) is 17.8. The van der Waals surface area contributed by atoms with Crippen LogP contribution in [0.4, 0.5) is 0 Å². The van der Waals surface area contributed by atoms with Crippen molar-refractivity contribution in [1.29, 1.82) is 0 Å². The second-order valence-electron chi connectivity index (χ2n) is 8.12. The van der Waals surface area contributed by atoms with Gasteiger partial charge in [-0.15, -0.1) is 11.3 Å². The van der Waals surface area contributed by atoms with Gasteiger partial charge in [-0.1, -0.05) is 50.5 Å². The number of nitrogens with zero attached hydrogens (tertiary/aromatic N) is 1. The maximum atomic E-state index is 12.8. The molecule has 1 saturated heterocycles. The molecule has 2 heterocycles. The third-order valence-electron chi connectivity index (χ3n) is 6.03. The summed E-state index contributed by atoms with van der Waals surface area (Å²) in [5.41, 5.74) is 2.73. The predicted molar refractivity (Wildman–Crippen MR) is 110 cm³/mol. The summed E-state index contributed by atoms with van der Waals surface area (Å²) in [5.74, 6) is 1.59. The molecular formula is C23H29NOS. The molecule has 2 aromatic rings. The van der Waals surface area contributed by atoms with Gasteiger partial charge in [0.2, 0.25) is 0 Å². The van der Waals surface area contributed by atoms with E-state index in [-0.39, 0.29) is 5.91 Å². The van der Waals surface area contributed by atoms with Gasteiger partial charge in [0, 0.05) is 18.0 Å². The van der Waals surface area contributed by atoms with Crippen molar-refractivity contribution in [2.75, 3.05) is 13.1 Å². The fourth-order valence-electron chi connectivity index (χ4n) is 4.49. The molecule has 2 fully saturated rings. The van der Waals surface area contributed by atoms with Crippen LogP contribution in [0.15, 0.2) is 36.4 Å². The van der Waals surface area contributed by atoms with Crippen molar-refractivity contribution in [3.8, 4) is 10.4 Å². The standard InChI is InChI=1S/C23H29NOS/c1-17-6-5-15-24(16-17)23(25)22-14-13-21(26-22)20-11-9-19(10-12-20)18-7-3-2-4-8-18/h9-14,17-18H,2-8,15-16H2,1H3/t17-/m1/s1.